The summed E-state index contributed by atoms with van der Waals surface area (Å²) in [6.07, 6.45) is 0. The molecule has 1 aliphatic rings. The van der Waals surface area contributed by atoms with Gasteiger partial charge in [-0.3, -0.25) is 0 Å². The van der Waals surface area contributed by atoms with E-state index < -0.39 is 0 Å². The molecule has 2 rings (SSSR count). The van der Waals surface area contributed by atoms with Crippen LogP contribution in [0.15, 0.2) is 35.3 Å². The van der Waals surface area contributed by atoms with Crippen molar-refractivity contribution in [2.24, 2.45) is 10.9 Å². The Morgan fingerprint density at radius 1 is 1.24 bits per heavy atom. The van der Waals surface area contributed by atoms with Crippen LogP contribution in [0.4, 0.5) is 5.69 Å². The lowest BCUT2D eigenvalue weighted by Crippen LogP contribution is -2.37. The van der Waals surface area contributed by atoms with E-state index in [0.717, 1.165) is 5.69 Å². The first kappa shape index (κ1) is 12.0. The predicted molar refractivity (Wildman–Crippen MR) is 71.3 cm³/mol. The second-order valence-electron chi connectivity index (χ2n) is 5.32. The fourth-order valence-electron chi connectivity index (χ4n) is 2.27. The van der Waals surface area contributed by atoms with Gasteiger partial charge in [0.05, 0.1) is 6.04 Å². The van der Waals surface area contributed by atoms with Crippen molar-refractivity contribution < 1.29 is 4.74 Å². The molecule has 0 spiro atoms. The van der Waals surface area contributed by atoms with Crippen molar-refractivity contribution in [2.75, 3.05) is 5.32 Å². The fraction of sp³-hybridized carbons (Fsp3) is 0.500. The standard InChI is InChI=1S/C14H20N2O/c1-10(2)12-14(3,4)17-13(16-12)15-11-8-6-5-7-9-11/h5-10,12H,1-4H3,(H,15,16)/t12-/m0/s1. The molecule has 0 saturated carbocycles. The van der Waals surface area contributed by atoms with Gasteiger partial charge in [-0.2, -0.15) is 0 Å². The first-order valence-corrected chi connectivity index (χ1v) is 6.08. The number of nitrogens with one attached hydrogen (secondary N) is 1. The molecule has 0 aromatic heterocycles. The fourth-order valence-corrected chi connectivity index (χ4v) is 2.27. The summed E-state index contributed by atoms with van der Waals surface area (Å²) in [5.74, 6) is 0.472. The van der Waals surface area contributed by atoms with Crippen molar-refractivity contribution in [3.05, 3.63) is 30.3 Å². The number of amidine groups is 1. The smallest absolute Gasteiger partial charge is 0.290 e. The van der Waals surface area contributed by atoms with E-state index in [1.165, 1.54) is 0 Å². The van der Waals surface area contributed by atoms with Crippen LogP contribution in [-0.2, 0) is 4.74 Å². The van der Waals surface area contributed by atoms with Crippen LogP contribution in [-0.4, -0.2) is 17.7 Å². The molecule has 0 bridgehead atoms. The molecule has 1 aromatic carbocycles. The van der Waals surface area contributed by atoms with Crippen LogP contribution in [0.25, 0.3) is 0 Å². The van der Waals surface area contributed by atoms with Crippen LogP contribution in [0.1, 0.15) is 27.7 Å². The Balaban J connectivity index is 2.12. The summed E-state index contributed by atoms with van der Waals surface area (Å²) in [6.45, 7) is 8.51. The van der Waals surface area contributed by atoms with Gasteiger partial charge in [0.2, 0.25) is 0 Å². The van der Waals surface area contributed by atoms with E-state index in [4.69, 9.17) is 4.74 Å². The summed E-state index contributed by atoms with van der Waals surface area (Å²) >= 11 is 0. The van der Waals surface area contributed by atoms with E-state index in [-0.39, 0.29) is 11.6 Å². The van der Waals surface area contributed by atoms with E-state index in [1.807, 2.05) is 30.3 Å². The van der Waals surface area contributed by atoms with E-state index >= 15 is 0 Å². The van der Waals surface area contributed by atoms with Crippen LogP contribution in [0, 0.1) is 5.92 Å². The maximum absolute atomic E-state index is 5.87. The van der Waals surface area contributed by atoms with Gasteiger partial charge in [0.15, 0.2) is 0 Å². The Morgan fingerprint density at radius 2 is 1.88 bits per heavy atom. The van der Waals surface area contributed by atoms with Crippen molar-refractivity contribution >= 4 is 11.7 Å². The van der Waals surface area contributed by atoms with Crippen LogP contribution >= 0.6 is 0 Å². The molecule has 3 nitrogen and oxygen atoms in total. The number of benzene rings is 1. The Labute approximate surface area is 103 Å². The first-order chi connectivity index (χ1) is 7.99. The third-order valence-electron chi connectivity index (χ3n) is 2.98. The Kier molecular flexibility index (Phi) is 3.09. The minimum Gasteiger partial charge on any atom is -0.457 e. The molecule has 0 unspecified atom stereocenters. The number of nitrogens with zero attached hydrogens (tertiary/aromatic N) is 1. The largest absolute Gasteiger partial charge is 0.457 e. The van der Waals surface area contributed by atoms with Gasteiger partial charge in [-0.15, -0.1) is 0 Å². The lowest BCUT2D eigenvalue weighted by molar-refractivity contribution is 0.0806. The Hall–Kier alpha value is -1.51. The average molecular weight is 232 g/mol. The third kappa shape index (κ3) is 2.60. The van der Waals surface area contributed by atoms with E-state index in [0.29, 0.717) is 11.9 Å². The van der Waals surface area contributed by atoms with Gasteiger partial charge in [0.25, 0.3) is 6.02 Å². The summed E-state index contributed by atoms with van der Waals surface area (Å²) < 4.78 is 5.87. The second-order valence-corrected chi connectivity index (χ2v) is 5.32. The quantitative estimate of drug-likeness (QED) is 0.849. The molecule has 1 N–H and O–H groups in total. The zero-order valence-electron chi connectivity index (χ0n) is 10.9. The normalized spacial score (nSPS) is 22.2. The predicted octanol–water partition coefficient (Wildman–Crippen LogP) is 3.29. The molecule has 17 heavy (non-hydrogen) atoms. The summed E-state index contributed by atoms with van der Waals surface area (Å²) in [5.41, 5.74) is 0.775. The molecule has 1 aliphatic heterocycles. The summed E-state index contributed by atoms with van der Waals surface area (Å²) in [4.78, 5) is 4.62. The van der Waals surface area contributed by atoms with Gasteiger partial charge in [-0.25, -0.2) is 4.99 Å². The molecule has 0 saturated heterocycles. The minimum atomic E-state index is -0.231. The van der Waals surface area contributed by atoms with Gasteiger partial charge in [-0.1, -0.05) is 32.0 Å². The van der Waals surface area contributed by atoms with Crippen molar-refractivity contribution in [1.29, 1.82) is 0 Å². The minimum absolute atomic E-state index is 0.203. The SMILES string of the molecule is CC(C)[C@@H]1N=C(Nc2ccccc2)OC1(C)C. The molecule has 0 aliphatic carbocycles. The van der Waals surface area contributed by atoms with E-state index in [2.05, 4.69) is 38.0 Å². The van der Waals surface area contributed by atoms with Gasteiger partial charge in [0, 0.05) is 5.69 Å². The highest BCUT2D eigenvalue weighted by molar-refractivity contribution is 5.90. The molecule has 1 atom stereocenters. The van der Waals surface area contributed by atoms with Crippen LogP contribution in [0.3, 0.4) is 0 Å². The summed E-state index contributed by atoms with van der Waals surface area (Å²) in [7, 11) is 0. The van der Waals surface area contributed by atoms with Gasteiger partial charge < -0.3 is 10.1 Å². The highest BCUT2D eigenvalue weighted by atomic mass is 16.5. The van der Waals surface area contributed by atoms with Crippen molar-refractivity contribution in [1.82, 2.24) is 0 Å². The number of para-hydroxylation sites is 1. The lowest BCUT2D eigenvalue weighted by atomic mass is 9.90. The monoisotopic (exact) mass is 232 g/mol. The summed E-state index contributed by atoms with van der Waals surface area (Å²) in [5, 5.41) is 3.21. The molecule has 1 heterocycles. The number of hydrogen-bond donors (Lipinski definition) is 1. The highest BCUT2D eigenvalue weighted by Gasteiger charge is 2.40. The van der Waals surface area contributed by atoms with Crippen molar-refractivity contribution in [3.8, 4) is 0 Å². The van der Waals surface area contributed by atoms with Crippen LogP contribution in [0.2, 0.25) is 0 Å². The third-order valence-corrected chi connectivity index (χ3v) is 2.98. The number of rotatable bonds is 2. The zero-order chi connectivity index (χ0) is 12.5. The second kappa shape index (κ2) is 4.40. The average Bonchev–Trinajstić information content (AvgIpc) is 2.55. The highest BCUT2D eigenvalue weighted by Crippen LogP contribution is 2.30. The van der Waals surface area contributed by atoms with Crippen molar-refractivity contribution in [2.45, 2.75) is 39.3 Å². The molecular weight excluding hydrogens is 212 g/mol. The van der Waals surface area contributed by atoms with Crippen LogP contribution < -0.4 is 5.32 Å². The van der Waals surface area contributed by atoms with Gasteiger partial charge in [-0.05, 0) is 31.9 Å². The van der Waals surface area contributed by atoms with E-state index in [9.17, 15) is 0 Å². The zero-order valence-corrected chi connectivity index (χ0v) is 10.9. The topological polar surface area (TPSA) is 33.6 Å². The lowest BCUT2D eigenvalue weighted by Gasteiger charge is -2.27. The molecular formula is C14H20N2O. The van der Waals surface area contributed by atoms with Gasteiger partial charge >= 0.3 is 0 Å². The molecule has 3 heteroatoms. The van der Waals surface area contributed by atoms with E-state index in [1.54, 1.807) is 0 Å². The maximum atomic E-state index is 5.87. The maximum Gasteiger partial charge on any atom is 0.290 e. The molecule has 0 radical (unpaired) electrons. The number of hydrogen-bond acceptors (Lipinski definition) is 3. The number of aliphatic imine (C=N–C) groups is 1. The first-order valence-electron chi connectivity index (χ1n) is 6.08. The molecule has 0 amide bonds. The Bertz CT molecular complexity index is 409. The number of anilines is 1. The molecule has 0 fully saturated rings. The van der Waals surface area contributed by atoms with Gasteiger partial charge in [0.1, 0.15) is 5.60 Å². The van der Waals surface area contributed by atoms with Crippen molar-refractivity contribution in [3.63, 3.8) is 0 Å². The molecule has 1 aromatic rings. The Morgan fingerprint density at radius 3 is 2.41 bits per heavy atom. The molecule has 92 valence electrons. The number of ether oxygens (including phenoxy) is 1. The van der Waals surface area contributed by atoms with Crippen LogP contribution in [0.5, 0.6) is 0 Å². The summed E-state index contributed by atoms with van der Waals surface area (Å²) in [6, 6.07) is 10.8.